The van der Waals surface area contributed by atoms with Gasteiger partial charge in [0.25, 0.3) is 0 Å². The van der Waals surface area contributed by atoms with Crippen LogP contribution in [0.4, 0.5) is 0 Å². The van der Waals surface area contributed by atoms with E-state index in [1.807, 2.05) is 18.4 Å². The van der Waals surface area contributed by atoms with Gasteiger partial charge in [-0.25, -0.2) is 23.4 Å². The quantitative estimate of drug-likeness (QED) is 0.781. The molecule has 0 unspecified atom stereocenters. The van der Waals surface area contributed by atoms with Gasteiger partial charge in [-0.1, -0.05) is 20.8 Å². The largest absolute Gasteiger partial charge is 0.354 e. The first kappa shape index (κ1) is 18.3. The molecule has 3 heterocycles. The fourth-order valence-corrected chi connectivity index (χ4v) is 4.96. The van der Waals surface area contributed by atoms with Crippen LogP contribution in [0.15, 0.2) is 12.7 Å². The van der Waals surface area contributed by atoms with Crippen LogP contribution in [0.3, 0.4) is 0 Å². The van der Waals surface area contributed by atoms with E-state index in [1.165, 1.54) is 6.33 Å². The molecule has 1 saturated heterocycles. The minimum atomic E-state index is -2.99. The molecule has 8 heteroatoms. The van der Waals surface area contributed by atoms with E-state index in [9.17, 15) is 8.42 Å². The first-order valence-electron chi connectivity index (χ1n) is 8.84. The van der Waals surface area contributed by atoms with Crippen molar-refractivity contribution in [2.45, 2.75) is 52.9 Å². The molecule has 0 N–H and O–H groups in total. The molecule has 1 aliphatic heterocycles. The maximum atomic E-state index is 12.0. The summed E-state index contributed by atoms with van der Waals surface area (Å²) in [5, 5.41) is 0. The third-order valence-corrected chi connectivity index (χ3v) is 7.11. The number of ether oxygens (including phenoxy) is 1. The summed E-state index contributed by atoms with van der Waals surface area (Å²) in [5.74, 6) is 0.935. The molecule has 7 nitrogen and oxygen atoms in total. The number of imidazole rings is 1. The zero-order valence-electron chi connectivity index (χ0n) is 15.2. The van der Waals surface area contributed by atoms with Gasteiger partial charge in [0.1, 0.15) is 27.9 Å². The van der Waals surface area contributed by atoms with E-state index in [-0.39, 0.29) is 35.7 Å². The first-order chi connectivity index (χ1) is 11.8. The van der Waals surface area contributed by atoms with Gasteiger partial charge >= 0.3 is 0 Å². The Kier molecular flexibility index (Phi) is 5.11. The second-order valence-electron chi connectivity index (χ2n) is 7.01. The highest BCUT2D eigenvalue weighted by molar-refractivity contribution is 7.91. The van der Waals surface area contributed by atoms with Gasteiger partial charge in [-0.15, -0.1) is 0 Å². The van der Waals surface area contributed by atoms with Gasteiger partial charge < -0.3 is 4.74 Å². The van der Waals surface area contributed by atoms with E-state index in [0.717, 1.165) is 16.9 Å². The van der Waals surface area contributed by atoms with Crippen molar-refractivity contribution in [3.05, 3.63) is 18.3 Å². The lowest BCUT2D eigenvalue weighted by atomic mass is 9.91. The number of aryl methyl sites for hydroxylation is 1. The summed E-state index contributed by atoms with van der Waals surface area (Å²) in [5.41, 5.74) is 2.38. The molecule has 2 aromatic rings. The molecule has 0 bridgehead atoms. The zero-order chi connectivity index (χ0) is 18.2. The van der Waals surface area contributed by atoms with Crippen molar-refractivity contribution in [2.75, 3.05) is 11.5 Å². The molecule has 25 heavy (non-hydrogen) atoms. The Morgan fingerprint density at radius 2 is 1.92 bits per heavy atom. The van der Waals surface area contributed by atoms with Crippen LogP contribution in [0.5, 0.6) is 0 Å². The second kappa shape index (κ2) is 6.99. The highest BCUT2D eigenvalue weighted by Gasteiger charge is 2.40. The smallest absolute Gasteiger partial charge is 0.165 e. The number of hydrogen-bond acceptors (Lipinski definition) is 6. The first-order valence-corrected chi connectivity index (χ1v) is 10.7. The Morgan fingerprint density at radius 3 is 2.64 bits per heavy atom. The van der Waals surface area contributed by atoms with Crippen molar-refractivity contribution in [1.29, 1.82) is 0 Å². The molecule has 0 aromatic carbocycles. The van der Waals surface area contributed by atoms with E-state index in [0.29, 0.717) is 12.8 Å². The maximum absolute atomic E-state index is 12.0. The highest BCUT2D eigenvalue weighted by Crippen LogP contribution is 2.41. The predicted octanol–water partition coefficient (Wildman–Crippen LogP) is 2.52. The van der Waals surface area contributed by atoms with Crippen molar-refractivity contribution >= 4 is 21.0 Å². The number of nitrogens with zero attached hydrogens (tertiary/aromatic N) is 4. The van der Waals surface area contributed by atoms with Gasteiger partial charge in [-0.2, -0.15) is 0 Å². The molecule has 138 valence electrons. The van der Waals surface area contributed by atoms with Gasteiger partial charge in [0.15, 0.2) is 5.65 Å². The highest BCUT2D eigenvalue weighted by atomic mass is 32.2. The van der Waals surface area contributed by atoms with Crippen LogP contribution in [0.2, 0.25) is 0 Å². The van der Waals surface area contributed by atoms with Crippen molar-refractivity contribution in [1.82, 2.24) is 19.5 Å². The third-order valence-electron chi connectivity index (χ3n) is 5.22. The summed E-state index contributed by atoms with van der Waals surface area (Å²) < 4.78 is 32.2. The number of sulfone groups is 1. The van der Waals surface area contributed by atoms with E-state index in [4.69, 9.17) is 4.74 Å². The molecule has 0 saturated carbocycles. The lowest BCUT2D eigenvalue weighted by Crippen LogP contribution is -2.21. The van der Waals surface area contributed by atoms with E-state index in [2.05, 4.69) is 28.8 Å². The predicted molar refractivity (Wildman–Crippen MR) is 95.9 cm³/mol. The molecular formula is C17H26N4O3S. The topological polar surface area (TPSA) is 87.0 Å². The van der Waals surface area contributed by atoms with Crippen LogP contribution in [-0.2, 0) is 14.6 Å². The Hall–Kier alpha value is -1.54. The van der Waals surface area contributed by atoms with Gasteiger partial charge in [0, 0.05) is 11.7 Å². The molecule has 2 aromatic heterocycles. The number of hydrogen-bond donors (Lipinski definition) is 0. The van der Waals surface area contributed by atoms with E-state index < -0.39 is 9.84 Å². The molecular weight excluding hydrogens is 340 g/mol. The third kappa shape index (κ3) is 3.55. The van der Waals surface area contributed by atoms with Gasteiger partial charge in [-0.3, -0.25) is 4.57 Å². The molecule has 0 spiro atoms. The molecule has 1 aliphatic rings. The summed E-state index contributed by atoms with van der Waals surface area (Å²) in [7, 11) is -2.99. The van der Waals surface area contributed by atoms with Crippen LogP contribution in [0, 0.1) is 18.8 Å². The Morgan fingerprint density at radius 1 is 1.16 bits per heavy atom. The summed E-state index contributed by atoms with van der Waals surface area (Å²) in [6.07, 6.45) is 4.21. The Bertz CT molecular complexity index is 849. The zero-order valence-corrected chi connectivity index (χ0v) is 16.0. The molecule has 0 amide bonds. The lowest BCUT2D eigenvalue weighted by molar-refractivity contribution is -0.0116. The monoisotopic (exact) mass is 366 g/mol. The van der Waals surface area contributed by atoms with E-state index in [1.54, 1.807) is 6.33 Å². The summed E-state index contributed by atoms with van der Waals surface area (Å²) in [4.78, 5) is 12.9. The fourth-order valence-electron chi connectivity index (χ4n) is 3.54. The van der Waals surface area contributed by atoms with Crippen LogP contribution >= 0.6 is 0 Å². The molecule has 1 fully saturated rings. The van der Waals surface area contributed by atoms with Crippen LogP contribution < -0.4 is 0 Å². The molecule has 3 rings (SSSR count). The average molecular weight is 366 g/mol. The number of aromatic nitrogens is 4. The van der Waals surface area contributed by atoms with Gasteiger partial charge in [-0.05, 0) is 25.7 Å². The molecule has 0 radical (unpaired) electrons. The summed E-state index contributed by atoms with van der Waals surface area (Å²) >= 11 is 0. The fraction of sp³-hybridized carbons (Fsp3) is 0.706. The normalized spacial score (nSPS) is 27.2. The lowest BCUT2D eigenvalue weighted by Gasteiger charge is -2.17. The SMILES string of the molecule is CCCS(=O)(=O)CC[C@H]1O[C@@H](n2cnc3c(C)ncnc32)[C@H](C)[C@@H]1C. The van der Waals surface area contributed by atoms with Crippen LogP contribution in [-0.4, -0.2) is 45.5 Å². The van der Waals surface area contributed by atoms with Crippen molar-refractivity contribution in [3.63, 3.8) is 0 Å². The standard InChI is InChI=1S/C17H26N4O3S/c1-5-7-25(22,23)8-6-14-11(2)12(3)17(24-14)21-10-20-15-13(4)18-9-19-16(15)21/h9-12,14,17H,5-8H2,1-4H3/t11-,12+,14+,17+/m0/s1. The Labute approximate surface area is 148 Å². The minimum Gasteiger partial charge on any atom is -0.354 e. The Balaban J connectivity index is 1.79. The number of rotatable bonds is 6. The summed E-state index contributed by atoms with van der Waals surface area (Å²) in [6.45, 7) is 8.06. The van der Waals surface area contributed by atoms with E-state index >= 15 is 0 Å². The van der Waals surface area contributed by atoms with Crippen LogP contribution in [0.25, 0.3) is 11.2 Å². The molecule has 4 atom stereocenters. The summed E-state index contributed by atoms with van der Waals surface area (Å²) in [6, 6.07) is 0. The second-order valence-corrected chi connectivity index (χ2v) is 9.31. The van der Waals surface area contributed by atoms with Crippen molar-refractivity contribution < 1.29 is 13.2 Å². The van der Waals surface area contributed by atoms with Gasteiger partial charge in [0.2, 0.25) is 0 Å². The van der Waals surface area contributed by atoms with Crippen molar-refractivity contribution in [3.8, 4) is 0 Å². The van der Waals surface area contributed by atoms with Crippen molar-refractivity contribution in [2.24, 2.45) is 11.8 Å². The maximum Gasteiger partial charge on any atom is 0.165 e. The van der Waals surface area contributed by atoms with Gasteiger partial charge in [0.05, 0.1) is 23.9 Å². The number of fused-ring (bicyclic) bond motifs is 1. The van der Waals surface area contributed by atoms with Crippen LogP contribution in [0.1, 0.15) is 45.5 Å². The average Bonchev–Trinajstić information content (AvgIpc) is 3.10. The molecule has 0 aliphatic carbocycles. The minimum absolute atomic E-state index is 0.0768.